The maximum absolute atomic E-state index is 10.5. The smallest absolute Gasteiger partial charge is 0.0991 e. The Balaban J connectivity index is 1.37. The maximum Gasteiger partial charge on any atom is 0.0991 e. The van der Waals surface area contributed by atoms with Gasteiger partial charge in [0, 0.05) is 18.5 Å². The Morgan fingerprint density at radius 3 is 2.06 bits per heavy atom. The minimum Gasteiger partial charge on any atom is -0.302 e. The molecule has 1 aliphatic carbocycles. The van der Waals surface area contributed by atoms with Crippen molar-refractivity contribution in [2.24, 2.45) is 11.8 Å². The summed E-state index contributed by atoms with van der Waals surface area (Å²) in [6.07, 6.45) is 7.91. The Morgan fingerprint density at radius 1 is 0.812 bits per heavy atom. The SMILES string of the molecule is N#Cc1ccc(C#CCCN2CCC(C(C#N)(c3ccccc3)C3CCCC3)CC2)cc1. The van der Waals surface area contributed by atoms with Crippen molar-refractivity contribution in [3.8, 4) is 24.0 Å². The van der Waals surface area contributed by atoms with Crippen LogP contribution in [0.5, 0.6) is 0 Å². The summed E-state index contributed by atoms with van der Waals surface area (Å²) in [6.45, 7) is 3.07. The number of likely N-dealkylation sites (tertiary alicyclic amines) is 1. The number of hydrogen-bond acceptors (Lipinski definition) is 3. The van der Waals surface area contributed by atoms with Gasteiger partial charge >= 0.3 is 0 Å². The number of hydrogen-bond donors (Lipinski definition) is 0. The lowest BCUT2D eigenvalue weighted by molar-refractivity contribution is 0.121. The molecule has 1 saturated heterocycles. The molecule has 0 radical (unpaired) electrons. The van der Waals surface area contributed by atoms with E-state index in [1.165, 1.54) is 31.2 Å². The Labute approximate surface area is 192 Å². The number of nitriles is 2. The summed E-state index contributed by atoms with van der Waals surface area (Å²) < 4.78 is 0. The lowest BCUT2D eigenvalue weighted by atomic mass is 9.60. The summed E-state index contributed by atoms with van der Waals surface area (Å²) in [6, 6.07) is 23.1. The average Bonchev–Trinajstić information content (AvgIpc) is 3.40. The zero-order valence-corrected chi connectivity index (χ0v) is 18.8. The first-order valence-electron chi connectivity index (χ1n) is 11.9. The van der Waals surface area contributed by atoms with Gasteiger partial charge in [0.15, 0.2) is 0 Å². The molecule has 0 spiro atoms. The van der Waals surface area contributed by atoms with Crippen molar-refractivity contribution in [1.29, 1.82) is 10.5 Å². The molecule has 3 nitrogen and oxygen atoms in total. The summed E-state index contributed by atoms with van der Waals surface area (Å²) in [5.74, 6) is 7.41. The van der Waals surface area contributed by atoms with Crippen molar-refractivity contribution in [2.75, 3.05) is 19.6 Å². The van der Waals surface area contributed by atoms with Gasteiger partial charge in [0.05, 0.1) is 23.1 Å². The molecular weight excluding hydrogens is 390 g/mol. The van der Waals surface area contributed by atoms with E-state index in [0.29, 0.717) is 17.4 Å². The van der Waals surface area contributed by atoms with Crippen LogP contribution in [0.3, 0.4) is 0 Å². The van der Waals surface area contributed by atoms with Crippen LogP contribution in [0.1, 0.15) is 61.6 Å². The van der Waals surface area contributed by atoms with Gasteiger partial charge in [0.25, 0.3) is 0 Å². The number of rotatable bonds is 5. The second-order valence-corrected chi connectivity index (χ2v) is 9.19. The standard InChI is InChI=1S/C29H31N3/c30-22-25-15-13-24(14-16-25)8-6-7-19-32-20-17-28(18-21-32)29(23-31,27-11-4-5-12-27)26-9-2-1-3-10-26/h1-3,9-10,13-16,27-28H,4-5,7,11-12,17-21H2. The van der Waals surface area contributed by atoms with Crippen LogP contribution in [-0.2, 0) is 5.41 Å². The fourth-order valence-corrected chi connectivity index (χ4v) is 5.77. The van der Waals surface area contributed by atoms with Crippen molar-refractivity contribution in [3.63, 3.8) is 0 Å². The highest BCUT2D eigenvalue weighted by Gasteiger charge is 2.48. The van der Waals surface area contributed by atoms with E-state index >= 15 is 0 Å². The van der Waals surface area contributed by atoms with E-state index < -0.39 is 0 Å². The van der Waals surface area contributed by atoms with Gasteiger partial charge in [-0.25, -0.2) is 0 Å². The van der Waals surface area contributed by atoms with Gasteiger partial charge in [-0.05, 0) is 80.4 Å². The molecule has 1 unspecified atom stereocenters. The Morgan fingerprint density at radius 2 is 1.44 bits per heavy atom. The average molecular weight is 422 g/mol. The van der Waals surface area contributed by atoms with Gasteiger partial charge in [0.1, 0.15) is 0 Å². The van der Waals surface area contributed by atoms with Gasteiger partial charge in [-0.3, -0.25) is 0 Å². The molecule has 1 heterocycles. The second kappa shape index (κ2) is 10.5. The Hall–Kier alpha value is -3.06. The van der Waals surface area contributed by atoms with E-state index in [0.717, 1.165) is 44.5 Å². The van der Waals surface area contributed by atoms with Gasteiger partial charge < -0.3 is 4.90 Å². The molecular formula is C29H31N3. The van der Waals surface area contributed by atoms with Crippen LogP contribution in [0.2, 0.25) is 0 Å². The molecule has 4 rings (SSSR count). The van der Waals surface area contributed by atoms with Gasteiger partial charge in [-0.1, -0.05) is 55.0 Å². The maximum atomic E-state index is 10.5. The molecule has 1 saturated carbocycles. The van der Waals surface area contributed by atoms with Crippen LogP contribution in [-0.4, -0.2) is 24.5 Å². The molecule has 162 valence electrons. The first-order chi connectivity index (χ1) is 15.8. The topological polar surface area (TPSA) is 50.8 Å². The molecule has 2 aromatic rings. The van der Waals surface area contributed by atoms with Crippen LogP contribution in [0.15, 0.2) is 54.6 Å². The largest absolute Gasteiger partial charge is 0.302 e. The third kappa shape index (κ3) is 4.72. The van der Waals surface area contributed by atoms with Crippen molar-refractivity contribution in [3.05, 3.63) is 71.3 Å². The van der Waals surface area contributed by atoms with Gasteiger partial charge in [-0.2, -0.15) is 10.5 Å². The second-order valence-electron chi connectivity index (χ2n) is 9.19. The first-order valence-corrected chi connectivity index (χ1v) is 11.9. The summed E-state index contributed by atoms with van der Waals surface area (Å²) in [4.78, 5) is 2.51. The van der Waals surface area contributed by atoms with E-state index in [2.05, 4.69) is 59.2 Å². The fraction of sp³-hybridized carbons (Fsp3) is 0.448. The van der Waals surface area contributed by atoms with Crippen molar-refractivity contribution in [2.45, 2.75) is 50.4 Å². The third-order valence-corrected chi connectivity index (χ3v) is 7.47. The number of nitrogens with zero attached hydrogens (tertiary/aromatic N) is 3. The molecule has 1 atom stereocenters. The van der Waals surface area contributed by atoms with Crippen molar-refractivity contribution in [1.82, 2.24) is 4.90 Å². The number of benzene rings is 2. The van der Waals surface area contributed by atoms with E-state index in [-0.39, 0.29) is 5.41 Å². The molecule has 3 heteroatoms. The number of piperidine rings is 1. The van der Waals surface area contributed by atoms with Gasteiger partial charge in [-0.15, -0.1) is 0 Å². The Kier molecular flexibility index (Phi) is 7.27. The summed E-state index contributed by atoms with van der Waals surface area (Å²) in [5, 5.41) is 19.4. The summed E-state index contributed by atoms with van der Waals surface area (Å²) in [7, 11) is 0. The van der Waals surface area contributed by atoms with Crippen LogP contribution >= 0.6 is 0 Å². The lowest BCUT2D eigenvalue weighted by Crippen LogP contribution is -2.46. The zero-order valence-electron chi connectivity index (χ0n) is 18.8. The minimum absolute atomic E-state index is 0.334. The van der Waals surface area contributed by atoms with Crippen LogP contribution in [0.4, 0.5) is 0 Å². The first kappa shape index (κ1) is 22.1. The van der Waals surface area contributed by atoms with Crippen LogP contribution in [0.25, 0.3) is 0 Å². The molecule has 2 aliphatic rings. The molecule has 2 aromatic carbocycles. The van der Waals surface area contributed by atoms with Gasteiger partial charge in [0.2, 0.25) is 0 Å². The molecule has 1 aliphatic heterocycles. The molecule has 0 N–H and O–H groups in total. The molecule has 0 amide bonds. The predicted molar refractivity (Wildman–Crippen MR) is 128 cm³/mol. The summed E-state index contributed by atoms with van der Waals surface area (Å²) in [5.41, 5.74) is 2.53. The van der Waals surface area contributed by atoms with Crippen molar-refractivity contribution < 1.29 is 0 Å². The lowest BCUT2D eigenvalue weighted by Gasteiger charge is -2.44. The van der Waals surface area contributed by atoms with Crippen LogP contribution < -0.4 is 0 Å². The van der Waals surface area contributed by atoms with E-state index in [9.17, 15) is 5.26 Å². The highest BCUT2D eigenvalue weighted by Crippen LogP contribution is 2.49. The van der Waals surface area contributed by atoms with Crippen LogP contribution in [0, 0.1) is 46.3 Å². The molecule has 2 fully saturated rings. The van der Waals surface area contributed by atoms with Crippen molar-refractivity contribution >= 4 is 0 Å². The highest BCUT2D eigenvalue weighted by molar-refractivity contribution is 5.40. The molecule has 0 bridgehead atoms. The monoisotopic (exact) mass is 421 g/mol. The quantitative estimate of drug-likeness (QED) is 0.585. The normalized spacial score (nSPS) is 19.3. The minimum atomic E-state index is -0.334. The van der Waals surface area contributed by atoms with E-state index in [1.54, 1.807) is 0 Å². The third-order valence-electron chi connectivity index (χ3n) is 7.47. The zero-order chi connectivity index (χ0) is 22.2. The fourth-order valence-electron chi connectivity index (χ4n) is 5.77. The highest BCUT2D eigenvalue weighted by atomic mass is 15.1. The van der Waals surface area contributed by atoms with E-state index in [4.69, 9.17) is 5.26 Å². The molecule has 32 heavy (non-hydrogen) atoms. The summed E-state index contributed by atoms with van der Waals surface area (Å²) >= 11 is 0. The predicted octanol–water partition coefficient (Wildman–Crippen LogP) is 5.66. The van der Waals surface area contributed by atoms with E-state index in [1.807, 2.05) is 24.3 Å². The molecule has 0 aromatic heterocycles. The Bertz CT molecular complexity index is 1020.